The van der Waals surface area contributed by atoms with Crippen molar-refractivity contribution >= 4 is 17.5 Å². The van der Waals surface area contributed by atoms with Crippen LogP contribution in [0.4, 0.5) is 16.2 Å². The summed E-state index contributed by atoms with van der Waals surface area (Å²) >= 11 is 0. The van der Waals surface area contributed by atoms with E-state index in [-0.39, 0.29) is 6.09 Å². The summed E-state index contributed by atoms with van der Waals surface area (Å²) < 4.78 is 5.46. The van der Waals surface area contributed by atoms with Crippen LogP contribution < -0.4 is 4.90 Å². The van der Waals surface area contributed by atoms with Crippen LogP contribution in [0.5, 0.6) is 0 Å². The first-order valence-corrected chi connectivity index (χ1v) is 8.51. The number of benzene rings is 1. The van der Waals surface area contributed by atoms with Crippen molar-refractivity contribution in [3.05, 3.63) is 35.7 Å². The number of anilines is 1. The Morgan fingerprint density at radius 2 is 1.75 bits per heavy atom. The highest BCUT2D eigenvalue weighted by Gasteiger charge is 2.45. The summed E-state index contributed by atoms with van der Waals surface area (Å²) in [6.07, 6.45) is 1.87. The third-order valence-electron chi connectivity index (χ3n) is 4.87. The fraction of sp³-hybridized carbons (Fsp3) is 0.579. The number of nitrogens with zero attached hydrogens (tertiary/aromatic N) is 3. The summed E-state index contributed by atoms with van der Waals surface area (Å²) in [5.41, 5.74) is 1.76. The first-order valence-electron chi connectivity index (χ1n) is 8.51. The van der Waals surface area contributed by atoms with E-state index in [1.807, 2.05) is 49.9 Å². The second-order valence-electron chi connectivity index (χ2n) is 7.95. The number of rotatable bonds is 1. The molecule has 5 heteroatoms. The Morgan fingerprint density at radius 1 is 1.17 bits per heavy atom. The minimum absolute atomic E-state index is 0.191. The standard InChI is InChI=1S/C19H25N3O2/c1-18(2,3)24-17(23)21-11-9-19(10-12-21)13-22(14-19)16-7-5-15(20-4)6-8-16/h5-8H,9-14H2,1-3H3. The van der Waals surface area contributed by atoms with Gasteiger partial charge in [-0.3, -0.25) is 0 Å². The maximum Gasteiger partial charge on any atom is 0.410 e. The predicted molar refractivity (Wildman–Crippen MR) is 94.4 cm³/mol. The highest BCUT2D eigenvalue weighted by atomic mass is 16.6. The van der Waals surface area contributed by atoms with Crippen molar-refractivity contribution in [3.8, 4) is 0 Å². The molecule has 3 rings (SSSR count). The van der Waals surface area contributed by atoms with E-state index in [0.717, 1.165) is 39.0 Å². The lowest BCUT2D eigenvalue weighted by Crippen LogP contribution is -2.61. The van der Waals surface area contributed by atoms with Gasteiger partial charge in [-0.2, -0.15) is 0 Å². The number of ether oxygens (including phenoxy) is 1. The first-order chi connectivity index (χ1) is 11.3. The van der Waals surface area contributed by atoms with Crippen molar-refractivity contribution in [2.75, 3.05) is 31.1 Å². The van der Waals surface area contributed by atoms with Crippen LogP contribution in [0.3, 0.4) is 0 Å². The zero-order chi connectivity index (χ0) is 17.4. The highest BCUT2D eigenvalue weighted by Crippen LogP contribution is 2.43. The molecule has 0 aliphatic carbocycles. The number of hydrogen-bond acceptors (Lipinski definition) is 3. The molecular formula is C19H25N3O2. The molecule has 24 heavy (non-hydrogen) atoms. The Balaban J connectivity index is 1.51. The van der Waals surface area contributed by atoms with Gasteiger partial charge < -0.3 is 14.5 Å². The summed E-state index contributed by atoms with van der Waals surface area (Å²) in [7, 11) is 0. The molecule has 1 aromatic carbocycles. The Kier molecular flexibility index (Phi) is 4.16. The van der Waals surface area contributed by atoms with Gasteiger partial charge in [-0.15, -0.1) is 0 Å². The molecule has 2 heterocycles. The monoisotopic (exact) mass is 327 g/mol. The fourth-order valence-corrected chi connectivity index (χ4v) is 3.49. The van der Waals surface area contributed by atoms with E-state index in [4.69, 9.17) is 11.3 Å². The summed E-state index contributed by atoms with van der Waals surface area (Å²) in [6.45, 7) is 16.3. The molecule has 2 aliphatic rings. The Labute approximate surface area is 144 Å². The number of carbonyl (C=O) groups excluding carboxylic acids is 1. The lowest BCUT2D eigenvalue weighted by molar-refractivity contribution is 0.00598. The van der Waals surface area contributed by atoms with Crippen LogP contribution >= 0.6 is 0 Å². The zero-order valence-electron chi connectivity index (χ0n) is 14.7. The van der Waals surface area contributed by atoms with Crippen LogP contribution in [-0.4, -0.2) is 42.8 Å². The van der Waals surface area contributed by atoms with Gasteiger partial charge in [0.25, 0.3) is 0 Å². The number of carbonyl (C=O) groups is 1. The number of piperidine rings is 1. The van der Waals surface area contributed by atoms with Gasteiger partial charge in [0.2, 0.25) is 0 Å². The summed E-state index contributed by atoms with van der Waals surface area (Å²) in [6, 6.07) is 7.79. The first kappa shape index (κ1) is 16.6. The van der Waals surface area contributed by atoms with Crippen molar-refractivity contribution < 1.29 is 9.53 Å². The van der Waals surface area contributed by atoms with E-state index < -0.39 is 5.60 Å². The normalized spacial score (nSPS) is 19.6. The molecule has 0 radical (unpaired) electrons. The molecule has 2 fully saturated rings. The molecule has 0 aromatic heterocycles. The van der Waals surface area contributed by atoms with Crippen LogP contribution in [-0.2, 0) is 4.74 Å². The molecule has 1 aromatic rings. The average Bonchev–Trinajstić information content (AvgIpc) is 2.51. The number of hydrogen-bond donors (Lipinski definition) is 0. The van der Waals surface area contributed by atoms with Crippen LogP contribution in [0.1, 0.15) is 33.6 Å². The van der Waals surface area contributed by atoms with Gasteiger partial charge >= 0.3 is 6.09 Å². The maximum absolute atomic E-state index is 12.1. The van der Waals surface area contributed by atoms with Crippen molar-refractivity contribution in [3.63, 3.8) is 0 Å². The Morgan fingerprint density at radius 3 is 2.25 bits per heavy atom. The van der Waals surface area contributed by atoms with Crippen LogP contribution in [0, 0.1) is 12.0 Å². The van der Waals surface area contributed by atoms with E-state index in [9.17, 15) is 4.79 Å². The third-order valence-corrected chi connectivity index (χ3v) is 4.87. The molecule has 0 atom stereocenters. The third kappa shape index (κ3) is 3.48. The maximum atomic E-state index is 12.1. The topological polar surface area (TPSA) is 37.1 Å². The lowest BCUT2D eigenvalue weighted by Gasteiger charge is -2.55. The molecular weight excluding hydrogens is 302 g/mol. The molecule has 0 unspecified atom stereocenters. The highest BCUT2D eigenvalue weighted by molar-refractivity contribution is 5.68. The minimum atomic E-state index is -0.434. The largest absolute Gasteiger partial charge is 0.444 e. The molecule has 0 bridgehead atoms. The second-order valence-corrected chi connectivity index (χ2v) is 7.95. The number of amides is 1. The van der Waals surface area contributed by atoms with E-state index >= 15 is 0 Å². The molecule has 0 saturated carbocycles. The van der Waals surface area contributed by atoms with Gasteiger partial charge in [0, 0.05) is 37.3 Å². The molecule has 2 saturated heterocycles. The van der Waals surface area contributed by atoms with Gasteiger partial charge in [0.1, 0.15) is 5.60 Å². The molecule has 1 amide bonds. The van der Waals surface area contributed by atoms with Crippen molar-refractivity contribution in [2.45, 2.75) is 39.2 Å². The Bertz CT molecular complexity index is 639. The van der Waals surface area contributed by atoms with Crippen molar-refractivity contribution in [1.82, 2.24) is 4.90 Å². The number of likely N-dealkylation sites (tertiary alicyclic amines) is 1. The van der Waals surface area contributed by atoms with E-state index in [0.29, 0.717) is 11.1 Å². The van der Waals surface area contributed by atoms with Crippen molar-refractivity contribution in [2.24, 2.45) is 5.41 Å². The smallest absolute Gasteiger partial charge is 0.410 e. The van der Waals surface area contributed by atoms with Crippen molar-refractivity contribution in [1.29, 1.82) is 0 Å². The molecule has 1 spiro atoms. The average molecular weight is 327 g/mol. The van der Waals surface area contributed by atoms with Crippen LogP contribution in [0.2, 0.25) is 0 Å². The summed E-state index contributed by atoms with van der Waals surface area (Å²) in [5, 5.41) is 0. The fourth-order valence-electron chi connectivity index (χ4n) is 3.49. The van der Waals surface area contributed by atoms with Crippen LogP contribution in [0.25, 0.3) is 4.85 Å². The molecule has 5 nitrogen and oxygen atoms in total. The minimum Gasteiger partial charge on any atom is -0.444 e. The van der Waals surface area contributed by atoms with E-state index in [1.165, 1.54) is 5.69 Å². The van der Waals surface area contributed by atoms with Crippen LogP contribution in [0.15, 0.2) is 24.3 Å². The SMILES string of the molecule is [C-]#[N+]c1ccc(N2CC3(CCN(C(=O)OC(C)(C)C)CC3)C2)cc1. The summed E-state index contributed by atoms with van der Waals surface area (Å²) in [4.78, 5) is 19.8. The second kappa shape index (κ2) is 6.01. The van der Waals surface area contributed by atoms with Gasteiger partial charge in [-0.1, -0.05) is 12.1 Å². The molecule has 2 aliphatic heterocycles. The van der Waals surface area contributed by atoms with Gasteiger partial charge in [-0.05, 0) is 45.7 Å². The predicted octanol–water partition coefficient (Wildman–Crippen LogP) is 4.07. The molecule has 128 valence electrons. The van der Waals surface area contributed by atoms with E-state index in [1.54, 1.807) is 0 Å². The summed E-state index contributed by atoms with van der Waals surface area (Å²) in [5.74, 6) is 0. The van der Waals surface area contributed by atoms with Gasteiger partial charge in [0.15, 0.2) is 5.69 Å². The van der Waals surface area contributed by atoms with Gasteiger partial charge in [-0.25, -0.2) is 9.64 Å². The molecule has 0 N–H and O–H groups in total. The quantitative estimate of drug-likeness (QED) is 0.730. The zero-order valence-corrected chi connectivity index (χ0v) is 14.7. The lowest BCUT2D eigenvalue weighted by atomic mass is 9.72. The van der Waals surface area contributed by atoms with Gasteiger partial charge in [0.05, 0.1) is 6.57 Å². The van der Waals surface area contributed by atoms with E-state index in [2.05, 4.69) is 9.74 Å². The Hall–Kier alpha value is -2.22.